The summed E-state index contributed by atoms with van der Waals surface area (Å²) in [6.45, 7) is 1.72. The molecule has 1 unspecified atom stereocenters. The molecule has 1 N–H and O–H groups in total. The normalized spacial score (nSPS) is 15.6. The topological polar surface area (TPSA) is 81.1 Å². The van der Waals surface area contributed by atoms with E-state index in [4.69, 9.17) is 0 Å². The molecule has 1 aliphatic rings. The van der Waals surface area contributed by atoms with Crippen molar-refractivity contribution in [3.63, 3.8) is 0 Å². The molecular formula is C25H15F6N3O3S2. The van der Waals surface area contributed by atoms with E-state index in [0.29, 0.717) is 15.8 Å². The van der Waals surface area contributed by atoms with Gasteiger partial charge in [-0.25, -0.2) is 26.3 Å². The molecule has 1 atom stereocenters. The Labute approximate surface area is 221 Å². The number of aromatic nitrogens is 2. The third-order valence-corrected chi connectivity index (χ3v) is 8.78. The van der Waals surface area contributed by atoms with Crippen LogP contribution in [0.25, 0.3) is 11.3 Å². The van der Waals surface area contributed by atoms with Crippen molar-refractivity contribution < 1.29 is 39.6 Å². The molecule has 0 bridgehead atoms. The van der Waals surface area contributed by atoms with Gasteiger partial charge in [-0.05, 0) is 43.3 Å². The summed E-state index contributed by atoms with van der Waals surface area (Å²) in [6, 6.07) is 9.93. The van der Waals surface area contributed by atoms with Crippen LogP contribution < -0.4 is 5.32 Å². The number of fused-ring (bicyclic) bond motifs is 1. The highest BCUT2D eigenvalue weighted by Gasteiger charge is 2.40. The third kappa shape index (κ3) is 4.46. The van der Waals surface area contributed by atoms with Crippen LogP contribution in [0.3, 0.4) is 0 Å². The molecule has 3 aromatic carbocycles. The SMILES string of the molecule is Cc1ccc(S(=O)(=O)n2nc(-c3ccc(F)cc3)c3c2NC(=O)CSC3c2c(F)c(F)c(F)c(F)c2F)cc1. The van der Waals surface area contributed by atoms with Gasteiger partial charge in [-0.2, -0.15) is 13.5 Å². The minimum Gasteiger partial charge on any atom is -0.309 e. The molecule has 1 aromatic heterocycles. The molecule has 5 rings (SSSR count). The molecule has 202 valence electrons. The number of amides is 1. The summed E-state index contributed by atoms with van der Waals surface area (Å²) in [4.78, 5) is 12.4. The second kappa shape index (κ2) is 9.75. The highest BCUT2D eigenvalue weighted by molar-refractivity contribution is 8.00. The van der Waals surface area contributed by atoms with Gasteiger partial charge in [-0.15, -0.1) is 15.8 Å². The molecule has 6 nitrogen and oxygen atoms in total. The lowest BCUT2D eigenvalue weighted by Crippen LogP contribution is -2.21. The number of benzene rings is 3. The Bertz CT molecular complexity index is 1710. The zero-order valence-corrected chi connectivity index (χ0v) is 21.2. The predicted octanol–water partition coefficient (Wildman–Crippen LogP) is 5.70. The fourth-order valence-corrected chi connectivity index (χ4v) is 6.48. The van der Waals surface area contributed by atoms with Crippen molar-refractivity contribution in [3.05, 3.63) is 100 Å². The van der Waals surface area contributed by atoms with Gasteiger partial charge in [0.25, 0.3) is 10.0 Å². The quantitative estimate of drug-likeness (QED) is 0.189. The van der Waals surface area contributed by atoms with E-state index in [1.165, 1.54) is 36.4 Å². The third-order valence-electron chi connectivity index (χ3n) is 5.96. The van der Waals surface area contributed by atoms with Crippen LogP contribution in [-0.4, -0.2) is 29.3 Å². The van der Waals surface area contributed by atoms with E-state index in [9.17, 15) is 30.8 Å². The van der Waals surface area contributed by atoms with Crippen molar-refractivity contribution in [2.75, 3.05) is 11.1 Å². The van der Waals surface area contributed by atoms with Crippen LogP contribution in [-0.2, 0) is 14.8 Å². The van der Waals surface area contributed by atoms with Crippen molar-refractivity contribution >= 4 is 33.5 Å². The van der Waals surface area contributed by atoms with Gasteiger partial charge < -0.3 is 5.32 Å². The maximum atomic E-state index is 15.0. The summed E-state index contributed by atoms with van der Waals surface area (Å²) in [6.07, 6.45) is 0. The van der Waals surface area contributed by atoms with Crippen LogP contribution in [0.2, 0.25) is 0 Å². The number of aryl methyl sites for hydroxylation is 1. The molecule has 0 spiro atoms. The number of nitrogens with one attached hydrogen (secondary N) is 1. The van der Waals surface area contributed by atoms with Crippen LogP contribution in [0.4, 0.5) is 32.2 Å². The standard InChI is InChI=1S/C25H15F6N3O3S2/c1-11-2-8-14(9-3-11)39(36,37)34-25-17(23(33-34)12-4-6-13(26)7-5-12)24(38-10-15(35)32-25)16-18(27)20(29)22(31)21(30)19(16)28/h2-9,24H,10H2,1H3,(H,32,35). The van der Waals surface area contributed by atoms with E-state index >= 15 is 8.78 Å². The number of halogens is 6. The average molecular weight is 584 g/mol. The van der Waals surface area contributed by atoms with Gasteiger partial charge in [-0.1, -0.05) is 17.7 Å². The van der Waals surface area contributed by atoms with Crippen molar-refractivity contribution in [3.8, 4) is 11.3 Å². The number of thioether (sulfide) groups is 1. The van der Waals surface area contributed by atoms with Crippen LogP contribution in [0, 0.1) is 41.8 Å². The Hall–Kier alpha value is -3.78. The van der Waals surface area contributed by atoms with E-state index in [1.807, 2.05) is 0 Å². The van der Waals surface area contributed by atoms with Crippen LogP contribution in [0.5, 0.6) is 0 Å². The Kier molecular flexibility index (Phi) is 6.71. The summed E-state index contributed by atoms with van der Waals surface area (Å²) < 4.78 is 114. The summed E-state index contributed by atoms with van der Waals surface area (Å²) in [7, 11) is -4.57. The number of rotatable bonds is 4. The minimum absolute atomic E-state index is 0.0520. The van der Waals surface area contributed by atoms with Gasteiger partial charge in [0.15, 0.2) is 29.1 Å². The van der Waals surface area contributed by atoms with Gasteiger partial charge in [0, 0.05) is 16.7 Å². The van der Waals surface area contributed by atoms with Gasteiger partial charge >= 0.3 is 0 Å². The number of nitrogens with zero attached hydrogens (tertiary/aromatic N) is 2. The Morgan fingerprint density at radius 2 is 1.41 bits per heavy atom. The van der Waals surface area contributed by atoms with Crippen molar-refractivity contribution in [2.45, 2.75) is 17.1 Å². The number of carbonyl (C=O) groups excluding carboxylic acids is 1. The summed E-state index contributed by atoms with van der Waals surface area (Å²) >= 11 is 0.503. The first-order valence-corrected chi connectivity index (χ1v) is 13.5. The molecular weight excluding hydrogens is 568 g/mol. The summed E-state index contributed by atoms with van der Waals surface area (Å²) in [5.74, 6) is -13.7. The Morgan fingerprint density at radius 3 is 2.00 bits per heavy atom. The Balaban J connectivity index is 1.87. The minimum atomic E-state index is -4.57. The molecule has 0 saturated carbocycles. The maximum absolute atomic E-state index is 15.0. The lowest BCUT2D eigenvalue weighted by atomic mass is 9.98. The average Bonchev–Trinajstić information content (AvgIpc) is 3.19. The Morgan fingerprint density at radius 1 is 0.846 bits per heavy atom. The lowest BCUT2D eigenvalue weighted by molar-refractivity contribution is -0.113. The van der Waals surface area contributed by atoms with Crippen LogP contribution in [0.15, 0.2) is 53.4 Å². The van der Waals surface area contributed by atoms with E-state index in [0.717, 1.165) is 17.7 Å². The van der Waals surface area contributed by atoms with E-state index in [1.54, 1.807) is 6.92 Å². The van der Waals surface area contributed by atoms with E-state index in [-0.39, 0.29) is 21.7 Å². The molecule has 4 aromatic rings. The first-order chi connectivity index (χ1) is 18.4. The molecule has 2 heterocycles. The molecule has 0 aliphatic carbocycles. The number of hydrogen-bond acceptors (Lipinski definition) is 5. The van der Waals surface area contributed by atoms with Crippen LogP contribution >= 0.6 is 11.8 Å². The highest BCUT2D eigenvalue weighted by Crippen LogP contribution is 2.49. The van der Waals surface area contributed by atoms with Gasteiger partial charge in [0.05, 0.1) is 15.9 Å². The fraction of sp³-hybridized carbons (Fsp3) is 0.120. The molecule has 1 amide bonds. The van der Waals surface area contributed by atoms with Crippen molar-refractivity contribution in [1.29, 1.82) is 0 Å². The highest BCUT2D eigenvalue weighted by atomic mass is 32.2. The van der Waals surface area contributed by atoms with Gasteiger partial charge in [-0.3, -0.25) is 4.79 Å². The van der Waals surface area contributed by atoms with Crippen LogP contribution in [0.1, 0.15) is 21.9 Å². The molecule has 0 fully saturated rings. The lowest BCUT2D eigenvalue weighted by Gasteiger charge is -2.18. The molecule has 14 heteroatoms. The summed E-state index contributed by atoms with van der Waals surface area (Å²) in [5, 5.41) is 4.66. The molecule has 0 radical (unpaired) electrons. The smallest absolute Gasteiger partial charge is 0.284 e. The molecule has 1 aliphatic heterocycles. The van der Waals surface area contributed by atoms with E-state index in [2.05, 4.69) is 10.4 Å². The fourth-order valence-electron chi connectivity index (χ4n) is 4.07. The second-order valence-electron chi connectivity index (χ2n) is 8.50. The second-order valence-corrected chi connectivity index (χ2v) is 11.4. The first kappa shape index (κ1) is 26.8. The largest absolute Gasteiger partial charge is 0.309 e. The van der Waals surface area contributed by atoms with Gasteiger partial charge in [0.1, 0.15) is 11.5 Å². The zero-order chi connectivity index (χ0) is 28.2. The molecule has 39 heavy (non-hydrogen) atoms. The zero-order valence-electron chi connectivity index (χ0n) is 19.6. The molecule has 0 saturated heterocycles. The summed E-state index contributed by atoms with van der Waals surface area (Å²) in [5.41, 5.74) is -1.14. The van der Waals surface area contributed by atoms with E-state index < -0.39 is 73.2 Å². The number of carbonyl (C=O) groups is 1. The maximum Gasteiger partial charge on any atom is 0.284 e. The first-order valence-electron chi connectivity index (χ1n) is 11.1. The van der Waals surface area contributed by atoms with Crippen molar-refractivity contribution in [2.24, 2.45) is 0 Å². The monoisotopic (exact) mass is 583 g/mol. The van der Waals surface area contributed by atoms with Crippen molar-refractivity contribution in [1.82, 2.24) is 9.19 Å². The van der Waals surface area contributed by atoms with Gasteiger partial charge in [0.2, 0.25) is 11.7 Å². The predicted molar refractivity (Wildman–Crippen MR) is 131 cm³/mol. The number of anilines is 1. The number of hydrogen-bond donors (Lipinski definition) is 1.